The summed E-state index contributed by atoms with van der Waals surface area (Å²) in [5.41, 5.74) is 5.28. The number of nitrogen functional groups attached to an aromatic ring is 1. The third-order valence-electron chi connectivity index (χ3n) is 3.63. The Labute approximate surface area is 146 Å². The Morgan fingerprint density at radius 1 is 0.692 bits per heavy atom. The van der Waals surface area contributed by atoms with Crippen molar-refractivity contribution >= 4 is 57.8 Å². The first-order valence-corrected chi connectivity index (χ1v) is 10.8. The lowest BCUT2D eigenvalue weighted by molar-refractivity contribution is 0.479. The predicted octanol–water partition coefficient (Wildman–Crippen LogP) is 0.643. The van der Waals surface area contributed by atoms with Gasteiger partial charge in [-0.1, -0.05) is 0 Å². The van der Waals surface area contributed by atoms with Crippen LogP contribution >= 0.6 is 0 Å². The molecule has 0 unspecified atom stereocenters. The van der Waals surface area contributed by atoms with E-state index in [2.05, 4.69) is 4.98 Å². The molecule has 0 aliphatic heterocycles. The molecule has 0 aliphatic carbocycles. The normalized spacial score (nSPS) is 13.5. The summed E-state index contributed by atoms with van der Waals surface area (Å²) in [5, 5.41) is -0.219. The number of rotatable bonds is 3. The number of benzene rings is 2. The zero-order chi connectivity index (χ0) is 19.7. The van der Waals surface area contributed by atoms with Crippen LogP contribution < -0.4 is 5.73 Å². The molecule has 1 heterocycles. The summed E-state index contributed by atoms with van der Waals surface area (Å²) in [7, 11) is -14.5. The van der Waals surface area contributed by atoms with Gasteiger partial charge in [0, 0.05) is 10.8 Å². The molecule has 0 radical (unpaired) electrons. The van der Waals surface area contributed by atoms with E-state index in [1.54, 1.807) is 0 Å². The van der Waals surface area contributed by atoms with Gasteiger partial charge in [-0.3, -0.25) is 13.7 Å². The van der Waals surface area contributed by atoms with Gasteiger partial charge in [0.1, 0.15) is 4.90 Å². The van der Waals surface area contributed by atoms with E-state index in [9.17, 15) is 38.9 Å². The quantitative estimate of drug-likeness (QED) is 0.294. The number of fused-ring (bicyclic) bond motifs is 3. The largest absolute Gasteiger partial charge is 0.397 e. The first-order valence-electron chi connectivity index (χ1n) is 6.51. The van der Waals surface area contributed by atoms with Gasteiger partial charge in [-0.05, 0) is 24.3 Å². The van der Waals surface area contributed by atoms with E-state index in [1.165, 1.54) is 0 Å². The second-order valence-corrected chi connectivity index (χ2v) is 9.56. The second-order valence-electron chi connectivity index (χ2n) is 5.33. The molecule has 0 bridgehead atoms. The molecular formula is C12H10N2O9S3. The minimum atomic E-state index is -4.93. The van der Waals surface area contributed by atoms with Gasteiger partial charge in [0.15, 0.2) is 0 Å². The van der Waals surface area contributed by atoms with Crippen LogP contribution in [0.25, 0.3) is 21.8 Å². The lowest BCUT2D eigenvalue weighted by Gasteiger charge is -2.04. The zero-order valence-electron chi connectivity index (χ0n) is 12.4. The number of aromatic nitrogens is 1. The van der Waals surface area contributed by atoms with Gasteiger partial charge in [-0.25, -0.2) is 0 Å². The molecule has 0 atom stereocenters. The molecule has 1 aromatic heterocycles. The van der Waals surface area contributed by atoms with Gasteiger partial charge in [-0.2, -0.15) is 25.3 Å². The number of anilines is 1. The molecular weight excluding hydrogens is 412 g/mol. The van der Waals surface area contributed by atoms with Crippen LogP contribution in [0.1, 0.15) is 0 Å². The summed E-state index contributed by atoms with van der Waals surface area (Å²) in [4.78, 5) is 0.224. The van der Waals surface area contributed by atoms with Crippen LogP contribution in [0.3, 0.4) is 0 Å². The summed E-state index contributed by atoms with van der Waals surface area (Å²) in [6, 6.07) is 3.24. The molecule has 0 saturated carbocycles. The molecule has 11 nitrogen and oxygen atoms in total. The van der Waals surface area contributed by atoms with Crippen molar-refractivity contribution in [3.05, 3.63) is 24.3 Å². The van der Waals surface area contributed by atoms with E-state index in [4.69, 9.17) is 5.73 Å². The fraction of sp³-hybridized carbons (Fsp3) is 0. The molecule has 0 aliphatic rings. The second kappa shape index (κ2) is 5.38. The number of hydrogen-bond acceptors (Lipinski definition) is 7. The Morgan fingerprint density at radius 2 is 1.15 bits per heavy atom. The number of nitrogens with two attached hydrogens (primary N) is 1. The number of hydrogen-bond donors (Lipinski definition) is 5. The first kappa shape index (κ1) is 18.6. The van der Waals surface area contributed by atoms with Crippen molar-refractivity contribution in [2.75, 3.05) is 5.73 Å². The average Bonchev–Trinajstić information content (AvgIpc) is 2.82. The van der Waals surface area contributed by atoms with Crippen molar-refractivity contribution in [1.29, 1.82) is 0 Å². The van der Waals surface area contributed by atoms with E-state index in [0.717, 1.165) is 18.2 Å². The van der Waals surface area contributed by atoms with Crippen LogP contribution in [0.5, 0.6) is 0 Å². The molecule has 2 aromatic carbocycles. The van der Waals surface area contributed by atoms with Crippen LogP contribution in [0.4, 0.5) is 5.69 Å². The molecule has 0 spiro atoms. The van der Waals surface area contributed by atoms with Gasteiger partial charge in [0.2, 0.25) is 0 Å². The van der Waals surface area contributed by atoms with Crippen LogP contribution in [0, 0.1) is 0 Å². The van der Waals surface area contributed by atoms with Crippen LogP contribution in [-0.2, 0) is 30.4 Å². The maximum atomic E-state index is 11.6. The molecule has 26 heavy (non-hydrogen) atoms. The Morgan fingerprint density at radius 3 is 1.62 bits per heavy atom. The zero-order valence-corrected chi connectivity index (χ0v) is 14.9. The summed E-state index contributed by atoms with van der Waals surface area (Å²) in [6.45, 7) is 0. The van der Waals surface area contributed by atoms with Crippen LogP contribution in [0.2, 0.25) is 0 Å². The van der Waals surface area contributed by atoms with Gasteiger partial charge in [-0.15, -0.1) is 0 Å². The summed E-state index contributed by atoms with van der Waals surface area (Å²) < 4.78 is 96.5. The predicted molar refractivity (Wildman–Crippen MR) is 89.7 cm³/mol. The van der Waals surface area contributed by atoms with E-state index in [1.807, 2.05) is 0 Å². The summed E-state index contributed by atoms with van der Waals surface area (Å²) in [5.74, 6) is 0. The van der Waals surface area contributed by atoms with Gasteiger partial charge in [0.25, 0.3) is 30.4 Å². The molecule has 0 saturated heterocycles. The average molecular weight is 422 g/mol. The van der Waals surface area contributed by atoms with E-state index < -0.39 is 45.0 Å². The fourth-order valence-corrected chi connectivity index (χ4v) is 4.39. The van der Waals surface area contributed by atoms with E-state index >= 15 is 0 Å². The topological polar surface area (TPSA) is 205 Å². The lowest BCUT2D eigenvalue weighted by Crippen LogP contribution is -2.04. The van der Waals surface area contributed by atoms with Crippen molar-refractivity contribution in [2.24, 2.45) is 0 Å². The van der Waals surface area contributed by atoms with Crippen LogP contribution in [0.15, 0.2) is 39.0 Å². The Balaban J connectivity index is 2.63. The van der Waals surface area contributed by atoms with Crippen molar-refractivity contribution < 1.29 is 38.9 Å². The van der Waals surface area contributed by atoms with E-state index in [-0.39, 0.29) is 27.5 Å². The van der Waals surface area contributed by atoms with Crippen molar-refractivity contribution in [3.63, 3.8) is 0 Å². The molecule has 140 valence electrons. The fourth-order valence-electron chi connectivity index (χ4n) is 2.55. The first-order chi connectivity index (χ1) is 11.7. The molecule has 14 heteroatoms. The highest BCUT2D eigenvalue weighted by Crippen LogP contribution is 2.36. The van der Waals surface area contributed by atoms with Gasteiger partial charge < -0.3 is 10.7 Å². The number of nitrogens with one attached hydrogen (secondary N) is 1. The summed E-state index contributed by atoms with van der Waals surface area (Å²) in [6.07, 6.45) is 0. The molecule has 3 rings (SSSR count). The monoisotopic (exact) mass is 422 g/mol. The highest BCUT2D eigenvalue weighted by atomic mass is 32.2. The highest BCUT2D eigenvalue weighted by Gasteiger charge is 2.24. The number of aromatic amines is 1. The Kier molecular flexibility index (Phi) is 3.84. The smallest absolute Gasteiger partial charge is 0.296 e. The third kappa shape index (κ3) is 3.02. The van der Waals surface area contributed by atoms with Crippen LogP contribution in [-0.4, -0.2) is 43.9 Å². The van der Waals surface area contributed by atoms with E-state index in [0.29, 0.717) is 6.07 Å². The van der Waals surface area contributed by atoms with Gasteiger partial charge >= 0.3 is 0 Å². The van der Waals surface area contributed by atoms with Crippen molar-refractivity contribution in [3.8, 4) is 0 Å². The molecule has 6 N–H and O–H groups in total. The minimum absolute atomic E-state index is 0.0322. The molecule has 0 fully saturated rings. The maximum absolute atomic E-state index is 11.6. The third-order valence-corrected chi connectivity index (χ3v) is 6.17. The molecule has 0 amide bonds. The Hall–Kier alpha value is -2.23. The van der Waals surface area contributed by atoms with Gasteiger partial charge in [0.05, 0.1) is 26.5 Å². The Bertz CT molecular complexity index is 1400. The van der Waals surface area contributed by atoms with Crippen molar-refractivity contribution in [1.82, 2.24) is 4.98 Å². The SMILES string of the molecule is Nc1cc(S(=O)(=O)O)cc2c1[nH]c1c(S(=O)(=O)O)cc(S(=O)(=O)O)cc12. The number of H-pyrrole nitrogens is 1. The minimum Gasteiger partial charge on any atom is -0.397 e. The standard InChI is InChI=1S/C12H10N2O9S3/c13-9-3-5(24(15,16)17)1-7-8-2-6(25(18,19)20)4-10(26(21,22)23)12(8)14-11(7)9/h1-4,14H,13H2,(H,15,16,17)(H,18,19,20)(H,21,22,23). The maximum Gasteiger partial charge on any atom is 0.296 e. The summed E-state index contributed by atoms with van der Waals surface area (Å²) >= 11 is 0. The molecule has 3 aromatic rings. The van der Waals surface area contributed by atoms with Crippen molar-refractivity contribution in [2.45, 2.75) is 14.7 Å². The highest BCUT2D eigenvalue weighted by molar-refractivity contribution is 7.87. The lowest BCUT2D eigenvalue weighted by atomic mass is 10.1.